The minimum Gasteiger partial charge on any atom is -0.319 e. The molecule has 1 fully saturated rings. The van der Waals surface area contributed by atoms with E-state index in [0.717, 1.165) is 17.8 Å². The van der Waals surface area contributed by atoms with Crippen LogP contribution in [-0.2, 0) is 4.79 Å². The van der Waals surface area contributed by atoms with Gasteiger partial charge in [0.1, 0.15) is 0 Å². The second-order valence-corrected chi connectivity index (χ2v) is 6.86. The first-order valence-electron chi connectivity index (χ1n) is 8.54. The van der Waals surface area contributed by atoms with E-state index in [4.69, 9.17) is 11.6 Å². The summed E-state index contributed by atoms with van der Waals surface area (Å²) in [5, 5.41) is 7.34. The lowest BCUT2D eigenvalue weighted by Crippen LogP contribution is -2.24. The van der Waals surface area contributed by atoms with Crippen LogP contribution in [0.5, 0.6) is 0 Å². The number of carbonyl (C=O) groups excluding carboxylic acids is 2. The standard InChI is InChI=1S/C18H17ClN6O2/c1-10-8-11(2)25-18(20-10)22-16(23-25)17(27)21-12-5-6-14(13(19)9-12)24-7-3-4-15(24)26/h5-6,8-9H,3-4,7H2,1-2H3,(H,21,27). The first kappa shape index (κ1) is 17.4. The van der Waals surface area contributed by atoms with Gasteiger partial charge in [-0.3, -0.25) is 9.59 Å². The van der Waals surface area contributed by atoms with E-state index in [2.05, 4.69) is 20.4 Å². The van der Waals surface area contributed by atoms with Gasteiger partial charge in [0.05, 0.1) is 10.7 Å². The number of hydrogen-bond acceptors (Lipinski definition) is 5. The molecule has 9 heteroatoms. The van der Waals surface area contributed by atoms with Crippen LogP contribution in [0, 0.1) is 13.8 Å². The van der Waals surface area contributed by atoms with Gasteiger partial charge in [-0.1, -0.05) is 11.6 Å². The number of nitrogens with one attached hydrogen (secondary N) is 1. The lowest BCUT2D eigenvalue weighted by atomic mass is 10.2. The summed E-state index contributed by atoms with van der Waals surface area (Å²) in [6, 6.07) is 6.91. The van der Waals surface area contributed by atoms with Gasteiger partial charge in [-0.25, -0.2) is 9.50 Å². The van der Waals surface area contributed by atoms with Crippen LogP contribution >= 0.6 is 11.6 Å². The topological polar surface area (TPSA) is 92.5 Å². The van der Waals surface area contributed by atoms with Crippen molar-refractivity contribution in [3.8, 4) is 0 Å². The van der Waals surface area contributed by atoms with E-state index >= 15 is 0 Å². The van der Waals surface area contributed by atoms with Crippen molar-refractivity contribution in [2.24, 2.45) is 0 Å². The van der Waals surface area contributed by atoms with E-state index in [-0.39, 0.29) is 11.7 Å². The number of halogens is 1. The molecule has 1 aliphatic rings. The zero-order valence-corrected chi connectivity index (χ0v) is 15.6. The zero-order valence-electron chi connectivity index (χ0n) is 14.9. The monoisotopic (exact) mass is 384 g/mol. The van der Waals surface area contributed by atoms with E-state index in [1.54, 1.807) is 23.1 Å². The number of fused-ring (bicyclic) bond motifs is 1. The number of rotatable bonds is 3. The quantitative estimate of drug-likeness (QED) is 0.749. The minimum atomic E-state index is -0.460. The van der Waals surface area contributed by atoms with E-state index in [1.807, 2.05) is 19.9 Å². The number of carbonyl (C=O) groups is 2. The summed E-state index contributed by atoms with van der Waals surface area (Å²) in [7, 11) is 0. The molecule has 0 radical (unpaired) electrons. The van der Waals surface area contributed by atoms with Gasteiger partial charge in [0, 0.05) is 30.0 Å². The van der Waals surface area contributed by atoms with Gasteiger partial charge < -0.3 is 10.2 Å². The molecule has 2 aromatic heterocycles. The van der Waals surface area contributed by atoms with Crippen molar-refractivity contribution < 1.29 is 9.59 Å². The Balaban J connectivity index is 1.57. The highest BCUT2D eigenvalue weighted by atomic mass is 35.5. The molecule has 8 nitrogen and oxygen atoms in total. The molecular formula is C18H17ClN6O2. The van der Waals surface area contributed by atoms with Gasteiger partial charge in [-0.2, -0.15) is 4.98 Å². The molecule has 2 amide bonds. The molecule has 3 aromatic rings. The average Bonchev–Trinajstić information content (AvgIpc) is 3.21. The van der Waals surface area contributed by atoms with Crippen molar-refractivity contribution in [2.75, 3.05) is 16.8 Å². The van der Waals surface area contributed by atoms with E-state index in [0.29, 0.717) is 35.1 Å². The number of aryl methyl sites for hydroxylation is 2. The Labute approximate surface area is 160 Å². The van der Waals surface area contributed by atoms with Crippen molar-refractivity contribution in [1.29, 1.82) is 0 Å². The molecule has 0 aliphatic carbocycles. The summed E-state index contributed by atoms with van der Waals surface area (Å²) in [6.07, 6.45) is 1.35. The van der Waals surface area contributed by atoms with Gasteiger partial charge in [-0.05, 0) is 44.5 Å². The number of amides is 2. The fourth-order valence-corrected chi connectivity index (χ4v) is 3.44. The summed E-state index contributed by atoms with van der Waals surface area (Å²) in [6.45, 7) is 4.38. The molecule has 0 saturated carbocycles. The van der Waals surface area contributed by atoms with Crippen LogP contribution in [0.1, 0.15) is 34.8 Å². The minimum absolute atomic E-state index is 0.0196. The smallest absolute Gasteiger partial charge is 0.295 e. The summed E-state index contributed by atoms with van der Waals surface area (Å²) in [4.78, 5) is 34.5. The molecule has 138 valence electrons. The molecule has 0 unspecified atom stereocenters. The van der Waals surface area contributed by atoms with Crippen LogP contribution in [0.25, 0.3) is 5.78 Å². The third-order valence-electron chi connectivity index (χ3n) is 4.39. The zero-order chi connectivity index (χ0) is 19.1. The Hall–Kier alpha value is -3.00. The normalized spacial score (nSPS) is 14.2. The molecule has 3 heterocycles. The van der Waals surface area contributed by atoms with Crippen molar-refractivity contribution in [3.63, 3.8) is 0 Å². The Morgan fingerprint density at radius 3 is 2.74 bits per heavy atom. The summed E-state index contributed by atoms with van der Waals surface area (Å²) >= 11 is 6.32. The van der Waals surface area contributed by atoms with Crippen molar-refractivity contribution in [2.45, 2.75) is 26.7 Å². The Morgan fingerprint density at radius 2 is 2.04 bits per heavy atom. The molecule has 4 rings (SSSR count). The van der Waals surface area contributed by atoms with Crippen LogP contribution in [0.4, 0.5) is 11.4 Å². The predicted octanol–water partition coefficient (Wildman–Crippen LogP) is 2.77. The predicted molar refractivity (Wildman–Crippen MR) is 101 cm³/mol. The molecule has 1 aromatic carbocycles. The van der Waals surface area contributed by atoms with Crippen LogP contribution in [0.15, 0.2) is 24.3 Å². The first-order valence-corrected chi connectivity index (χ1v) is 8.92. The lowest BCUT2D eigenvalue weighted by molar-refractivity contribution is -0.117. The molecule has 0 spiro atoms. The van der Waals surface area contributed by atoms with Gasteiger partial charge >= 0.3 is 0 Å². The maximum Gasteiger partial charge on any atom is 0.295 e. The van der Waals surface area contributed by atoms with Crippen LogP contribution in [0.3, 0.4) is 0 Å². The molecule has 0 bridgehead atoms. The second-order valence-electron chi connectivity index (χ2n) is 6.46. The van der Waals surface area contributed by atoms with Crippen LogP contribution < -0.4 is 10.2 Å². The maximum absolute atomic E-state index is 12.5. The number of anilines is 2. The van der Waals surface area contributed by atoms with E-state index in [1.165, 1.54) is 4.52 Å². The third-order valence-corrected chi connectivity index (χ3v) is 4.69. The molecule has 27 heavy (non-hydrogen) atoms. The first-order chi connectivity index (χ1) is 12.9. The van der Waals surface area contributed by atoms with Crippen LogP contribution in [-0.4, -0.2) is 37.9 Å². The summed E-state index contributed by atoms with van der Waals surface area (Å²) in [5.41, 5.74) is 2.79. The SMILES string of the molecule is Cc1cc(C)n2nc(C(=O)Nc3ccc(N4CCCC4=O)c(Cl)c3)nc2n1. The highest BCUT2D eigenvalue weighted by molar-refractivity contribution is 6.34. The van der Waals surface area contributed by atoms with Crippen molar-refractivity contribution in [1.82, 2.24) is 19.6 Å². The lowest BCUT2D eigenvalue weighted by Gasteiger charge is -2.17. The molecule has 1 N–H and O–H groups in total. The Morgan fingerprint density at radius 1 is 1.22 bits per heavy atom. The van der Waals surface area contributed by atoms with Gasteiger partial charge in [0.15, 0.2) is 0 Å². The summed E-state index contributed by atoms with van der Waals surface area (Å²) in [5.74, 6) is -0.0101. The average molecular weight is 385 g/mol. The maximum atomic E-state index is 12.5. The third kappa shape index (κ3) is 3.23. The fourth-order valence-electron chi connectivity index (χ4n) is 3.16. The number of benzene rings is 1. The van der Waals surface area contributed by atoms with Gasteiger partial charge in [-0.15, -0.1) is 5.10 Å². The number of hydrogen-bond donors (Lipinski definition) is 1. The second kappa shape index (κ2) is 6.62. The molecule has 1 aliphatic heterocycles. The van der Waals surface area contributed by atoms with Crippen molar-refractivity contribution >= 4 is 40.6 Å². The van der Waals surface area contributed by atoms with Crippen LogP contribution in [0.2, 0.25) is 5.02 Å². The fraction of sp³-hybridized carbons (Fsp3) is 0.278. The Bertz CT molecular complexity index is 1080. The van der Waals surface area contributed by atoms with Crippen molar-refractivity contribution in [3.05, 3.63) is 46.5 Å². The molecular weight excluding hydrogens is 368 g/mol. The molecule has 1 saturated heterocycles. The van der Waals surface area contributed by atoms with E-state index < -0.39 is 5.91 Å². The Kier molecular flexibility index (Phi) is 4.27. The van der Waals surface area contributed by atoms with Gasteiger partial charge in [0.2, 0.25) is 11.7 Å². The highest BCUT2D eigenvalue weighted by Gasteiger charge is 2.24. The molecule has 0 atom stereocenters. The van der Waals surface area contributed by atoms with Gasteiger partial charge in [0.25, 0.3) is 11.7 Å². The highest BCUT2D eigenvalue weighted by Crippen LogP contribution is 2.31. The number of nitrogens with zero attached hydrogens (tertiary/aromatic N) is 5. The van der Waals surface area contributed by atoms with E-state index in [9.17, 15) is 9.59 Å². The summed E-state index contributed by atoms with van der Waals surface area (Å²) < 4.78 is 1.52. The number of aromatic nitrogens is 4. The largest absolute Gasteiger partial charge is 0.319 e.